The van der Waals surface area contributed by atoms with E-state index in [-0.39, 0.29) is 45.5 Å². The lowest BCUT2D eigenvalue weighted by atomic mass is 10.6. The Hall–Kier alpha value is -1.22. The largest absolute Gasteiger partial charge is 0.480 e. The van der Waals surface area contributed by atoms with Crippen LogP contribution in [0.3, 0.4) is 0 Å². The molecule has 1 amide bonds. The van der Waals surface area contributed by atoms with Gasteiger partial charge in [-0.25, -0.2) is 4.79 Å². The third kappa shape index (κ3) is 12.8. The van der Waals surface area contributed by atoms with Crippen molar-refractivity contribution >= 4 is 11.9 Å². The number of hydrogen-bond donors (Lipinski definition) is 3. The molecule has 0 fully saturated rings. The zero-order valence-corrected chi connectivity index (χ0v) is 10.1. The first-order valence-corrected chi connectivity index (χ1v) is 5.49. The summed E-state index contributed by atoms with van der Waals surface area (Å²) in [7, 11) is 0. The van der Waals surface area contributed by atoms with E-state index in [1.54, 1.807) is 0 Å². The average Bonchev–Trinajstić information content (AvgIpc) is 2.32. The van der Waals surface area contributed by atoms with E-state index < -0.39 is 5.97 Å². The molecule has 8 heteroatoms. The predicted molar refractivity (Wildman–Crippen MR) is 60.2 cm³/mol. The highest BCUT2D eigenvalue weighted by Crippen LogP contribution is 1.79. The summed E-state index contributed by atoms with van der Waals surface area (Å²) >= 11 is 0. The van der Waals surface area contributed by atoms with Crippen LogP contribution in [0, 0.1) is 0 Å². The number of carboxylic acid groups (broad SMARTS) is 1. The number of carbonyl (C=O) groups excluding carboxylic acids is 1. The Morgan fingerprint density at radius 1 is 0.944 bits per heavy atom. The lowest BCUT2D eigenvalue weighted by Gasteiger charge is -2.06. The number of amides is 1. The molecule has 0 aromatic rings. The second-order valence-electron chi connectivity index (χ2n) is 3.18. The van der Waals surface area contributed by atoms with Gasteiger partial charge in [-0.05, 0) is 0 Å². The van der Waals surface area contributed by atoms with Gasteiger partial charge in [0.25, 0.3) is 0 Å². The highest BCUT2D eigenvalue weighted by atomic mass is 16.5. The Kier molecular flexibility index (Phi) is 11.4. The van der Waals surface area contributed by atoms with E-state index in [1.165, 1.54) is 0 Å². The zero-order valence-electron chi connectivity index (χ0n) is 10.1. The Balaban J connectivity index is 3.15. The Bertz CT molecular complexity index is 234. The van der Waals surface area contributed by atoms with Crippen molar-refractivity contribution in [3.63, 3.8) is 0 Å². The van der Waals surface area contributed by atoms with Gasteiger partial charge in [0.05, 0.1) is 33.0 Å². The SMILES string of the molecule is O=C(O)COCCOCCNC(=O)COCCO. The van der Waals surface area contributed by atoms with Gasteiger partial charge >= 0.3 is 5.97 Å². The summed E-state index contributed by atoms with van der Waals surface area (Å²) in [6, 6.07) is 0. The number of ether oxygens (including phenoxy) is 3. The highest BCUT2D eigenvalue weighted by molar-refractivity contribution is 5.77. The number of aliphatic hydroxyl groups excluding tert-OH is 1. The minimum Gasteiger partial charge on any atom is -0.480 e. The zero-order chi connectivity index (χ0) is 13.6. The van der Waals surface area contributed by atoms with Crippen molar-refractivity contribution in [2.24, 2.45) is 0 Å². The highest BCUT2D eigenvalue weighted by Gasteiger charge is 2.00. The molecule has 0 saturated carbocycles. The van der Waals surface area contributed by atoms with E-state index in [0.717, 1.165) is 0 Å². The van der Waals surface area contributed by atoms with E-state index >= 15 is 0 Å². The van der Waals surface area contributed by atoms with Gasteiger partial charge in [-0.1, -0.05) is 0 Å². The van der Waals surface area contributed by atoms with Crippen molar-refractivity contribution in [1.29, 1.82) is 0 Å². The maximum Gasteiger partial charge on any atom is 0.329 e. The van der Waals surface area contributed by atoms with Crippen LogP contribution in [0.1, 0.15) is 0 Å². The molecule has 0 spiro atoms. The fourth-order valence-electron chi connectivity index (χ4n) is 0.922. The molecule has 0 saturated heterocycles. The summed E-state index contributed by atoms with van der Waals surface area (Å²) in [5.41, 5.74) is 0. The Morgan fingerprint density at radius 2 is 1.61 bits per heavy atom. The number of carbonyl (C=O) groups is 2. The Labute approximate surface area is 105 Å². The van der Waals surface area contributed by atoms with E-state index in [9.17, 15) is 9.59 Å². The van der Waals surface area contributed by atoms with Crippen LogP contribution in [-0.2, 0) is 23.8 Å². The first-order chi connectivity index (χ1) is 8.66. The van der Waals surface area contributed by atoms with Gasteiger partial charge < -0.3 is 29.7 Å². The number of carboxylic acids is 1. The lowest BCUT2D eigenvalue weighted by Crippen LogP contribution is -2.31. The van der Waals surface area contributed by atoms with Crippen molar-refractivity contribution in [3.8, 4) is 0 Å². The standard InChI is InChI=1S/C10H19NO7/c12-2-4-17-7-9(13)11-1-3-16-5-6-18-8-10(14)15/h12H,1-8H2,(H,11,13)(H,14,15). The second-order valence-corrected chi connectivity index (χ2v) is 3.18. The monoisotopic (exact) mass is 265 g/mol. The summed E-state index contributed by atoms with van der Waals surface area (Å²) < 4.78 is 14.6. The van der Waals surface area contributed by atoms with Crippen LogP contribution in [0.4, 0.5) is 0 Å². The first kappa shape index (κ1) is 16.8. The topological polar surface area (TPSA) is 114 Å². The predicted octanol–water partition coefficient (Wildman–Crippen LogP) is -1.77. The number of aliphatic carboxylic acids is 1. The third-order valence-corrected chi connectivity index (χ3v) is 1.63. The molecule has 0 bridgehead atoms. The molecule has 0 aromatic heterocycles. The van der Waals surface area contributed by atoms with Crippen LogP contribution in [0.5, 0.6) is 0 Å². The lowest BCUT2D eigenvalue weighted by molar-refractivity contribution is -0.142. The van der Waals surface area contributed by atoms with E-state index in [2.05, 4.69) is 5.32 Å². The second kappa shape index (κ2) is 12.2. The summed E-state index contributed by atoms with van der Waals surface area (Å²) in [4.78, 5) is 21.1. The first-order valence-electron chi connectivity index (χ1n) is 5.49. The molecule has 0 aliphatic carbocycles. The van der Waals surface area contributed by atoms with Crippen LogP contribution in [0.25, 0.3) is 0 Å². The van der Waals surface area contributed by atoms with E-state index in [0.29, 0.717) is 13.2 Å². The molecule has 18 heavy (non-hydrogen) atoms. The molecule has 0 rings (SSSR count). The normalized spacial score (nSPS) is 10.3. The molecule has 0 aliphatic heterocycles. The molecule has 0 aliphatic rings. The van der Waals surface area contributed by atoms with Crippen molar-refractivity contribution in [2.75, 3.05) is 52.8 Å². The van der Waals surface area contributed by atoms with Crippen LogP contribution >= 0.6 is 0 Å². The Morgan fingerprint density at radius 3 is 2.28 bits per heavy atom. The molecule has 0 aromatic carbocycles. The van der Waals surface area contributed by atoms with Gasteiger partial charge in [0, 0.05) is 6.54 Å². The summed E-state index contributed by atoms with van der Waals surface area (Å²) in [5.74, 6) is -1.31. The van der Waals surface area contributed by atoms with Crippen LogP contribution in [0.15, 0.2) is 0 Å². The van der Waals surface area contributed by atoms with Gasteiger partial charge in [-0.2, -0.15) is 0 Å². The number of nitrogens with one attached hydrogen (secondary N) is 1. The summed E-state index contributed by atoms with van der Waals surface area (Å²) in [6.07, 6.45) is 0. The van der Waals surface area contributed by atoms with Crippen molar-refractivity contribution in [3.05, 3.63) is 0 Å². The van der Waals surface area contributed by atoms with E-state index in [1.807, 2.05) is 0 Å². The van der Waals surface area contributed by atoms with Gasteiger partial charge in [0.1, 0.15) is 13.2 Å². The van der Waals surface area contributed by atoms with Gasteiger partial charge in [0.2, 0.25) is 5.91 Å². The molecule has 0 unspecified atom stereocenters. The molecule has 0 heterocycles. The maximum absolute atomic E-state index is 11.1. The van der Waals surface area contributed by atoms with Crippen LogP contribution in [-0.4, -0.2) is 74.9 Å². The summed E-state index contributed by atoms with van der Waals surface area (Å²) in [6.45, 7) is 0.675. The number of hydrogen-bond acceptors (Lipinski definition) is 6. The van der Waals surface area contributed by atoms with Crippen molar-refractivity contribution in [2.45, 2.75) is 0 Å². The third-order valence-electron chi connectivity index (χ3n) is 1.63. The van der Waals surface area contributed by atoms with Crippen LogP contribution < -0.4 is 5.32 Å². The van der Waals surface area contributed by atoms with Crippen molar-refractivity contribution in [1.82, 2.24) is 5.32 Å². The maximum atomic E-state index is 11.1. The van der Waals surface area contributed by atoms with Crippen LogP contribution in [0.2, 0.25) is 0 Å². The van der Waals surface area contributed by atoms with Gasteiger partial charge in [-0.15, -0.1) is 0 Å². The molecule has 106 valence electrons. The molecule has 0 atom stereocenters. The summed E-state index contributed by atoms with van der Waals surface area (Å²) in [5, 5.41) is 19.2. The molecular formula is C10H19NO7. The van der Waals surface area contributed by atoms with Crippen molar-refractivity contribution < 1.29 is 34.0 Å². The average molecular weight is 265 g/mol. The number of aliphatic hydroxyl groups is 1. The minimum atomic E-state index is -1.02. The van der Waals surface area contributed by atoms with Gasteiger partial charge in [-0.3, -0.25) is 4.79 Å². The smallest absolute Gasteiger partial charge is 0.329 e. The quantitative estimate of drug-likeness (QED) is 0.358. The molecule has 0 radical (unpaired) electrons. The molecular weight excluding hydrogens is 246 g/mol. The fourth-order valence-corrected chi connectivity index (χ4v) is 0.922. The fraction of sp³-hybridized carbons (Fsp3) is 0.800. The molecule has 8 nitrogen and oxygen atoms in total. The number of rotatable bonds is 12. The molecule has 3 N–H and O–H groups in total. The minimum absolute atomic E-state index is 0.0950. The van der Waals surface area contributed by atoms with E-state index in [4.69, 9.17) is 24.4 Å². The van der Waals surface area contributed by atoms with Gasteiger partial charge in [0.15, 0.2) is 0 Å².